The molecular weight excluding hydrogens is 264 g/mol. The second-order valence-electron chi connectivity index (χ2n) is 5.94. The lowest BCUT2D eigenvalue weighted by molar-refractivity contribution is 0.362. The second-order valence-corrected chi connectivity index (χ2v) is 6.72. The standard InChI is InChI=1S/C17H18N2S/c1-12-18-11-17(19-12)7-5-16-13(9-17)3-2-4-15(16)14-6-8-20-10-14/h2-4,6,8,10H,5,7,9,11H2,1H3,(H,18,19). The number of hydrogen-bond acceptors (Lipinski definition) is 3. The van der Waals surface area contributed by atoms with Gasteiger partial charge in [-0.3, -0.25) is 4.99 Å². The van der Waals surface area contributed by atoms with Crippen molar-refractivity contribution in [2.24, 2.45) is 4.99 Å². The fraction of sp³-hybridized carbons (Fsp3) is 0.353. The molecule has 2 heterocycles. The van der Waals surface area contributed by atoms with Crippen molar-refractivity contribution in [3.05, 3.63) is 46.2 Å². The summed E-state index contributed by atoms with van der Waals surface area (Å²) in [7, 11) is 0. The summed E-state index contributed by atoms with van der Waals surface area (Å²) in [6, 6.07) is 8.99. The maximum atomic E-state index is 4.57. The van der Waals surface area contributed by atoms with E-state index in [1.54, 1.807) is 16.9 Å². The largest absolute Gasteiger partial charge is 0.366 e. The molecule has 1 atom stereocenters. The Morgan fingerprint density at radius 3 is 3.00 bits per heavy atom. The van der Waals surface area contributed by atoms with Crippen LogP contribution in [0.4, 0.5) is 0 Å². The maximum Gasteiger partial charge on any atom is 0.0937 e. The first-order valence-corrected chi connectivity index (χ1v) is 8.13. The van der Waals surface area contributed by atoms with Gasteiger partial charge in [-0.05, 0) is 65.3 Å². The van der Waals surface area contributed by atoms with E-state index >= 15 is 0 Å². The predicted molar refractivity (Wildman–Crippen MR) is 85.6 cm³/mol. The fourth-order valence-electron chi connectivity index (χ4n) is 3.58. The van der Waals surface area contributed by atoms with Crippen molar-refractivity contribution in [3.8, 4) is 11.1 Å². The van der Waals surface area contributed by atoms with E-state index in [1.165, 1.54) is 23.1 Å². The number of fused-ring (bicyclic) bond motifs is 1. The van der Waals surface area contributed by atoms with Crippen molar-refractivity contribution < 1.29 is 0 Å². The number of benzene rings is 1. The monoisotopic (exact) mass is 282 g/mol. The summed E-state index contributed by atoms with van der Waals surface area (Å²) in [6.07, 6.45) is 3.43. The van der Waals surface area contributed by atoms with Crippen LogP contribution in [0.5, 0.6) is 0 Å². The molecule has 0 radical (unpaired) electrons. The molecule has 20 heavy (non-hydrogen) atoms. The summed E-state index contributed by atoms with van der Waals surface area (Å²) in [4.78, 5) is 4.57. The highest BCUT2D eigenvalue weighted by Crippen LogP contribution is 2.37. The van der Waals surface area contributed by atoms with Crippen molar-refractivity contribution in [3.63, 3.8) is 0 Å². The van der Waals surface area contributed by atoms with E-state index in [0.717, 1.165) is 25.2 Å². The predicted octanol–water partition coefficient (Wildman–Crippen LogP) is 3.66. The molecule has 4 rings (SSSR count). The Bertz CT molecular complexity index is 672. The van der Waals surface area contributed by atoms with Gasteiger partial charge < -0.3 is 5.32 Å². The minimum Gasteiger partial charge on any atom is -0.366 e. The lowest BCUT2D eigenvalue weighted by Crippen LogP contribution is -2.49. The van der Waals surface area contributed by atoms with Gasteiger partial charge in [-0.25, -0.2) is 0 Å². The van der Waals surface area contributed by atoms with Crippen LogP contribution < -0.4 is 5.32 Å². The lowest BCUT2D eigenvalue weighted by atomic mass is 9.76. The quantitative estimate of drug-likeness (QED) is 0.848. The highest BCUT2D eigenvalue weighted by molar-refractivity contribution is 7.08. The summed E-state index contributed by atoms with van der Waals surface area (Å²) in [5.41, 5.74) is 6.02. The fourth-order valence-corrected chi connectivity index (χ4v) is 4.23. The number of rotatable bonds is 1. The molecule has 1 N–H and O–H groups in total. The van der Waals surface area contributed by atoms with Crippen molar-refractivity contribution >= 4 is 17.2 Å². The second kappa shape index (κ2) is 4.45. The maximum absolute atomic E-state index is 4.57. The van der Waals surface area contributed by atoms with Crippen LogP contribution >= 0.6 is 11.3 Å². The van der Waals surface area contributed by atoms with Crippen LogP contribution in [0.25, 0.3) is 11.1 Å². The normalized spacial score (nSPS) is 24.4. The summed E-state index contributed by atoms with van der Waals surface area (Å²) < 4.78 is 0. The molecule has 102 valence electrons. The van der Waals surface area contributed by atoms with E-state index in [1.807, 2.05) is 0 Å². The van der Waals surface area contributed by atoms with Gasteiger partial charge in [0.05, 0.1) is 17.9 Å². The van der Waals surface area contributed by atoms with Gasteiger partial charge in [-0.2, -0.15) is 11.3 Å². The summed E-state index contributed by atoms with van der Waals surface area (Å²) in [5, 5.41) is 8.03. The summed E-state index contributed by atoms with van der Waals surface area (Å²) in [6.45, 7) is 3.01. The third-order valence-electron chi connectivity index (χ3n) is 4.55. The molecule has 0 saturated carbocycles. The van der Waals surface area contributed by atoms with Crippen LogP contribution in [0, 0.1) is 0 Å². The first kappa shape index (κ1) is 12.2. The molecule has 1 unspecified atom stereocenters. The van der Waals surface area contributed by atoms with Crippen molar-refractivity contribution in [1.82, 2.24) is 5.32 Å². The van der Waals surface area contributed by atoms with Gasteiger partial charge in [0.15, 0.2) is 0 Å². The van der Waals surface area contributed by atoms with Gasteiger partial charge in [0.1, 0.15) is 0 Å². The van der Waals surface area contributed by atoms with Crippen molar-refractivity contribution in [2.45, 2.75) is 31.7 Å². The van der Waals surface area contributed by atoms with E-state index in [9.17, 15) is 0 Å². The number of thiophene rings is 1. The zero-order valence-corrected chi connectivity index (χ0v) is 12.5. The SMILES string of the molecule is CC1=NCC2(CCc3c(cccc3-c3ccsc3)C2)N1. The Hall–Kier alpha value is -1.61. The van der Waals surface area contributed by atoms with Gasteiger partial charge in [0.25, 0.3) is 0 Å². The molecule has 2 aliphatic rings. The Morgan fingerprint density at radius 2 is 2.25 bits per heavy atom. The topological polar surface area (TPSA) is 24.4 Å². The molecule has 1 aromatic heterocycles. The van der Waals surface area contributed by atoms with Crippen LogP contribution in [0.15, 0.2) is 40.0 Å². The zero-order chi connectivity index (χ0) is 13.6. The van der Waals surface area contributed by atoms with Crippen molar-refractivity contribution in [1.29, 1.82) is 0 Å². The van der Waals surface area contributed by atoms with Gasteiger partial charge in [-0.15, -0.1) is 0 Å². The van der Waals surface area contributed by atoms with E-state index in [-0.39, 0.29) is 5.54 Å². The molecule has 1 aliphatic carbocycles. The highest BCUT2D eigenvalue weighted by Gasteiger charge is 2.37. The number of nitrogens with one attached hydrogen (secondary N) is 1. The van der Waals surface area contributed by atoms with Gasteiger partial charge in [0, 0.05) is 0 Å². The first-order chi connectivity index (χ1) is 9.76. The van der Waals surface area contributed by atoms with Gasteiger partial charge >= 0.3 is 0 Å². The van der Waals surface area contributed by atoms with Crippen LogP contribution in [0.2, 0.25) is 0 Å². The molecule has 1 aliphatic heterocycles. The average molecular weight is 282 g/mol. The van der Waals surface area contributed by atoms with E-state index < -0.39 is 0 Å². The summed E-state index contributed by atoms with van der Waals surface area (Å²) >= 11 is 1.77. The van der Waals surface area contributed by atoms with E-state index in [2.05, 4.69) is 52.3 Å². The summed E-state index contributed by atoms with van der Waals surface area (Å²) in [5.74, 6) is 1.10. The molecule has 0 bridgehead atoms. The molecule has 0 saturated heterocycles. The smallest absolute Gasteiger partial charge is 0.0937 e. The molecule has 2 aromatic rings. The Kier molecular flexibility index (Phi) is 2.71. The number of hydrogen-bond donors (Lipinski definition) is 1. The molecular formula is C17H18N2S. The number of aliphatic imine (C=N–C) groups is 1. The van der Waals surface area contributed by atoms with Crippen LogP contribution in [-0.2, 0) is 12.8 Å². The molecule has 1 spiro atoms. The molecule has 0 amide bonds. The average Bonchev–Trinajstić information content (AvgIpc) is 3.09. The van der Waals surface area contributed by atoms with Gasteiger partial charge in [-0.1, -0.05) is 18.2 Å². The molecule has 2 nitrogen and oxygen atoms in total. The lowest BCUT2D eigenvalue weighted by Gasteiger charge is -2.35. The van der Waals surface area contributed by atoms with E-state index in [4.69, 9.17) is 0 Å². The van der Waals surface area contributed by atoms with Crippen LogP contribution in [0.1, 0.15) is 24.5 Å². The molecule has 0 fully saturated rings. The molecule has 1 aromatic carbocycles. The number of amidine groups is 1. The third kappa shape index (κ3) is 1.88. The first-order valence-electron chi connectivity index (χ1n) is 7.18. The van der Waals surface area contributed by atoms with E-state index in [0.29, 0.717) is 0 Å². The van der Waals surface area contributed by atoms with Crippen LogP contribution in [0.3, 0.4) is 0 Å². The molecule has 3 heteroatoms. The minimum atomic E-state index is 0.185. The van der Waals surface area contributed by atoms with Crippen molar-refractivity contribution in [2.75, 3.05) is 6.54 Å². The Balaban J connectivity index is 1.72. The van der Waals surface area contributed by atoms with Gasteiger partial charge in [0.2, 0.25) is 0 Å². The Labute approximate surface area is 123 Å². The van der Waals surface area contributed by atoms with Crippen LogP contribution in [-0.4, -0.2) is 17.9 Å². The Morgan fingerprint density at radius 1 is 1.30 bits per heavy atom. The highest BCUT2D eigenvalue weighted by atomic mass is 32.1. The zero-order valence-electron chi connectivity index (χ0n) is 11.6. The number of nitrogens with zero attached hydrogens (tertiary/aromatic N) is 1. The third-order valence-corrected chi connectivity index (χ3v) is 5.24. The minimum absolute atomic E-state index is 0.185.